The first kappa shape index (κ1) is 23.2. The third-order valence-electron chi connectivity index (χ3n) is 6.19. The number of pyridine rings is 1. The average Bonchev–Trinajstić information content (AvgIpc) is 3.33. The van der Waals surface area contributed by atoms with Crippen LogP contribution in [-0.4, -0.2) is 26.5 Å². The second kappa shape index (κ2) is 9.22. The number of benzene rings is 2. The monoisotopic (exact) mass is 483 g/mol. The molecule has 8 heteroatoms. The van der Waals surface area contributed by atoms with E-state index >= 15 is 0 Å². The molecule has 4 aromatic rings. The number of carbonyl (C=O) groups is 2. The predicted octanol–water partition coefficient (Wildman–Crippen LogP) is 3.40. The molecule has 180 valence electrons. The summed E-state index contributed by atoms with van der Waals surface area (Å²) < 4.78 is 16.4. The maximum atomic E-state index is 13.8. The highest BCUT2D eigenvalue weighted by molar-refractivity contribution is 6.44. The number of H-pyrrole nitrogens is 1. The van der Waals surface area contributed by atoms with Crippen LogP contribution < -0.4 is 10.1 Å². The topological polar surface area (TPSA) is 79.1 Å². The molecule has 0 saturated heterocycles. The van der Waals surface area contributed by atoms with Crippen LogP contribution in [0.5, 0.6) is 0 Å². The summed E-state index contributed by atoms with van der Waals surface area (Å²) in [6.07, 6.45) is 3.85. The molecule has 0 bridgehead atoms. The summed E-state index contributed by atoms with van der Waals surface area (Å²) in [7, 11) is 0. The second-order valence-electron chi connectivity index (χ2n) is 8.63. The fraction of sp³-hybridized carbons (Fsp3) is 0.143. The number of amides is 2. The first-order valence-corrected chi connectivity index (χ1v) is 11.6. The molecule has 0 fully saturated rings. The van der Waals surface area contributed by atoms with Crippen molar-refractivity contribution in [2.24, 2.45) is 0 Å². The number of halogens is 1. The molecule has 0 atom stereocenters. The van der Waals surface area contributed by atoms with E-state index in [9.17, 15) is 18.8 Å². The van der Waals surface area contributed by atoms with Crippen LogP contribution in [0.4, 0.5) is 4.39 Å². The van der Waals surface area contributed by atoms with E-state index in [1.807, 2.05) is 50.2 Å². The Labute approximate surface area is 206 Å². The third kappa shape index (κ3) is 3.96. The van der Waals surface area contributed by atoms with E-state index in [0.717, 1.165) is 11.1 Å². The molecule has 1 aliphatic rings. The lowest BCUT2D eigenvalue weighted by molar-refractivity contribution is -0.577. The molecule has 0 aliphatic carbocycles. The zero-order valence-electron chi connectivity index (χ0n) is 19.9. The van der Waals surface area contributed by atoms with Crippen molar-refractivity contribution < 1.29 is 18.5 Å². The van der Waals surface area contributed by atoms with E-state index in [1.54, 1.807) is 23.0 Å². The van der Waals surface area contributed by atoms with Crippen LogP contribution in [-0.2, 0) is 22.6 Å². The summed E-state index contributed by atoms with van der Waals surface area (Å²) in [5.41, 5.74) is 2.43. The number of nitrogens with zero attached hydrogens (tertiary/aromatic N) is 3. The zero-order chi connectivity index (χ0) is 25.4. The zero-order valence-corrected chi connectivity index (χ0v) is 19.9. The minimum Gasteiger partial charge on any atom is -0.294 e. The highest BCUT2D eigenvalue weighted by Gasteiger charge is 2.47. The van der Waals surface area contributed by atoms with Gasteiger partial charge < -0.3 is 0 Å². The molecule has 2 aromatic carbocycles. The van der Waals surface area contributed by atoms with Gasteiger partial charge in [-0.1, -0.05) is 37.3 Å². The van der Waals surface area contributed by atoms with E-state index in [1.165, 1.54) is 33.8 Å². The van der Waals surface area contributed by atoms with Crippen molar-refractivity contribution in [1.29, 1.82) is 0 Å². The smallest absolute Gasteiger partial charge is 0.294 e. The Kier molecular flexibility index (Phi) is 5.93. The fourth-order valence-corrected chi connectivity index (χ4v) is 4.44. The van der Waals surface area contributed by atoms with E-state index in [2.05, 4.69) is 5.10 Å². The predicted molar refractivity (Wildman–Crippen MR) is 132 cm³/mol. The highest BCUT2D eigenvalue weighted by Crippen LogP contribution is 2.31. The van der Waals surface area contributed by atoms with Gasteiger partial charge in [-0.2, -0.15) is 4.57 Å². The molecule has 1 N–H and O–H groups in total. The van der Waals surface area contributed by atoms with Gasteiger partial charge in [0, 0.05) is 17.3 Å². The Balaban J connectivity index is 1.72. The number of hydrogen-bond donors (Lipinski definition) is 1. The summed E-state index contributed by atoms with van der Waals surface area (Å²) in [5, 5.41) is 3.05. The molecule has 7 nitrogen and oxygen atoms in total. The van der Waals surface area contributed by atoms with Crippen LogP contribution >= 0.6 is 0 Å². The van der Waals surface area contributed by atoms with Crippen molar-refractivity contribution in [2.75, 3.05) is 0 Å². The molecule has 1 aliphatic heterocycles. The van der Waals surface area contributed by atoms with Crippen molar-refractivity contribution in [2.45, 2.75) is 26.8 Å². The van der Waals surface area contributed by atoms with E-state index in [0.29, 0.717) is 17.8 Å². The Bertz CT molecular complexity index is 1570. The van der Waals surface area contributed by atoms with Crippen molar-refractivity contribution in [1.82, 2.24) is 14.7 Å². The van der Waals surface area contributed by atoms with Gasteiger partial charge in [0.1, 0.15) is 11.4 Å². The molecular formula is C28H24FN4O3+. The molecule has 5 rings (SSSR count). The van der Waals surface area contributed by atoms with Crippen molar-refractivity contribution in [3.63, 3.8) is 0 Å². The number of aryl methyl sites for hydroxylation is 2. The number of nitrogens with one attached hydrogen (secondary N) is 1. The Hall–Kier alpha value is -4.59. The average molecular weight is 484 g/mol. The molecule has 0 saturated carbocycles. The molecule has 2 aromatic heterocycles. The number of aromatic nitrogens is 3. The largest absolute Gasteiger partial charge is 0.327 e. The molecule has 0 unspecified atom stereocenters. The number of imide groups is 1. The van der Waals surface area contributed by atoms with Gasteiger partial charge in [-0.05, 0) is 49.2 Å². The van der Waals surface area contributed by atoms with E-state index in [4.69, 9.17) is 0 Å². The van der Waals surface area contributed by atoms with Crippen LogP contribution in [0.3, 0.4) is 0 Å². The lowest BCUT2D eigenvalue weighted by Crippen LogP contribution is -2.39. The number of rotatable bonds is 6. The number of hydrogen-bond acceptors (Lipinski definition) is 3. The van der Waals surface area contributed by atoms with Gasteiger partial charge in [-0.25, -0.2) is 9.07 Å². The Morgan fingerprint density at radius 3 is 2.31 bits per heavy atom. The first-order chi connectivity index (χ1) is 17.4. The minimum atomic E-state index is -0.537. The standard InChI is InChI=1S/C28H23FN4O3/c1-3-22-23(27(35)33(30-22)21-13-11-20(29)12-14-21)24-25(31-15-7-8-18(2)16-31)28(36)32(26(24)34)17-19-9-5-4-6-10-19/h4-16H,3,17H2,1-2H3/p+1. The van der Waals surface area contributed by atoms with Gasteiger partial charge in [-0.15, -0.1) is 0 Å². The van der Waals surface area contributed by atoms with Crippen molar-refractivity contribution >= 4 is 23.1 Å². The molecule has 3 heterocycles. The van der Waals surface area contributed by atoms with Gasteiger partial charge in [0.25, 0.3) is 17.2 Å². The van der Waals surface area contributed by atoms with Gasteiger partial charge in [0.05, 0.1) is 17.8 Å². The first-order valence-electron chi connectivity index (χ1n) is 11.6. The fourth-order valence-electron chi connectivity index (χ4n) is 4.44. The lowest BCUT2D eigenvalue weighted by Gasteiger charge is -2.13. The van der Waals surface area contributed by atoms with Gasteiger partial charge >= 0.3 is 5.91 Å². The number of aromatic amines is 1. The summed E-state index contributed by atoms with van der Waals surface area (Å²) in [5.74, 6) is -1.45. The van der Waals surface area contributed by atoms with E-state index < -0.39 is 23.2 Å². The van der Waals surface area contributed by atoms with Crippen LogP contribution in [0.2, 0.25) is 0 Å². The molecule has 0 radical (unpaired) electrons. The summed E-state index contributed by atoms with van der Waals surface area (Å²) in [6, 6.07) is 18.4. The Morgan fingerprint density at radius 1 is 0.917 bits per heavy atom. The SMILES string of the molecule is CCc1[nH]n(-c2ccc(F)cc2)c(=O)c1C1=C([n+]2cccc(C)c2)C(=O)N(Cc2ccccc2)C1=O. The molecule has 0 spiro atoms. The van der Waals surface area contributed by atoms with Gasteiger partial charge in [-0.3, -0.25) is 24.4 Å². The van der Waals surface area contributed by atoms with Crippen LogP contribution in [0.25, 0.3) is 17.0 Å². The summed E-state index contributed by atoms with van der Waals surface area (Å²) in [6.45, 7) is 3.82. The second-order valence-corrected chi connectivity index (χ2v) is 8.63. The third-order valence-corrected chi connectivity index (χ3v) is 6.19. The lowest BCUT2D eigenvalue weighted by atomic mass is 10.0. The maximum absolute atomic E-state index is 13.8. The van der Waals surface area contributed by atoms with Crippen LogP contribution in [0.15, 0.2) is 83.9 Å². The maximum Gasteiger partial charge on any atom is 0.327 e. The van der Waals surface area contributed by atoms with E-state index in [-0.39, 0.29) is 23.4 Å². The van der Waals surface area contributed by atoms with Gasteiger partial charge in [0.15, 0.2) is 12.4 Å². The van der Waals surface area contributed by atoms with Crippen LogP contribution in [0.1, 0.15) is 29.3 Å². The van der Waals surface area contributed by atoms with Gasteiger partial charge in [0.2, 0.25) is 0 Å². The molecular weight excluding hydrogens is 459 g/mol. The normalized spacial score (nSPS) is 13.7. The van der Waals surface area contributed by atoms with Crippen molar-refractivity contribution in [3.05, 3.63) is 118 Å². The summed E-state index contributed by atoms with van der Waals surface area (Å²) in [4.78, 5) is 42.4. The van der Waals surface area contributed by atoms with Crippen molar-refractivity contribution in [3.8, 4) is 5.69 Å². The summed E-state index contributed by atoms with van der Waals surface area (Å²) >= 11 is 0. The highest BCUT2D eigenvalue weighted by atomic mass is 19.1. The van der Waals surface area contributed by atoms with Crippen LogP contribution in [0, 0.1) is 12.7 Å². The Morgan fingerprint density at radius 2 is 1.64 bits per heavy atom. The quantitative estimate of drug-likeness (QED) is 0.337. The minimum absolute atomic E-state index is 0.0468. The number of carbonyl (C=O) groups excluding carboxylic acids is 2. The molecule has 2 amide bonds. The molecule has 36 heavy (non-hydrogen) atoms.